The van der Waals surface area contributed by atoms with Gasteiger partial charge in [0.05, 0.1) is 11.9 Å². The van der Waals surface area contributed by atoms with Gasteiger partial charge in [0.1, 0.15) is 0 Å². The second-order valence-electron chi connectivity index (χ2n) is 7.32. The molecule has 1 fully saturated rings. The number of amides is 1. The Labute approximate surface area is 164 Å². The van der Waals surface area contributed by atoms with Crippen molar-refractivity contribution in [1.82, 2.24) is 4.90 Å². The number of hydrogen-bond acceptors (Lipinski definition) is 4. The average molecular weight is 396 g/mol. The Balaban J connectivity index is 2.04. The van der Waals surface area contributed by atoms with Crippen molar-refractivity contribution in [3.8, 4) is 0 Å². The minimum atomic E-state index is -3.45. The van der Waals surface area contributed by atoms with Gasteiger partial charge in [0.25, 0.3) is 0 Å². The predicted molar refractivity (Wildman–Crippen MR) is 112 cm³/mol. The van der Waals surface area contributed by atoms with Crippen LogP contribution in [0.4, 0.5) is 11.4 Å². The predicted octanol–water partition coefficient (Wildman–Crippen LogP) is 3.09. The molecule has 1 aromatic rings. The molecule has 1 aromatic carbocycles. The van der Waals surface area contributed by atoms with Gasteiger partial charge in [0.2, 0.25) is 15.9 Å². The fourth-order valence-corrected chi connectivity index (χ4v) is 4.30. The summed E-state index contributed by atoms with van der Waals surface area (Å²) in [6.45, 7) is 5.05. The van der Waals surface area contributed by atoms with E-state index in [4.69, 9.17) is 0 Å². The Hall–Kier alpha value is -1.76. The van der Waals surface area contributed by atoms with Gasteiger partial charge >= 0.3 is 0 Å². The molecular weight excluding hydrogens is 362 g/mol. The average Bonchev–Trinajstić information content (AvgIpc) is 2.66. The molecule has 27 heavy (non-hydrogen) atoms. The van der Waals surface area contributed by atoms with E-state index in [1.165, 1.54) is 29.8 Å². The highest BCUT2D eigenvalue weighted by molar-refractivity contribution is 7.92. The van der Waals surface area contributed by atoms with Gasteiger partial charge in [-0.25, -0.2) is 8.42 Å². The molecule has 1 saturated heterocycles. The highest BCUT2D eigenvalue weighted by Crippen LogP contribution is 2.25. The number of sulfonamides is 1. The summed E-state index contributed by atoms with van der Waals surface area (Å²) in [5.41, 5.74) is 1.74. The van der Waals surface area contributed by atoms with E-state index in [9.17, 15) is 13.2 Å². The van der Waals surface area contributed by atoms with Crippen molar-refractivity contribution < 1.29 is 13.2 Å². The van der Waals surface area contributed by atoms with Crippen LogP contribution in [0.1, 0.15) is 45.4 Å². The van der Waals surface area contributed by atoms with Gasteiger partial charge in [-0.05, 0) is 49.9 Å². The molecule has 0 atom stereocenters. The van der Waals surface area contributed by atoms with Crippen molar-refractivity contribution in [2.24, 2.45) is 0 Å². The fraction of sp³-hybridized carbons (Fsp3) is 0.650. The van der Waals surface area contributed by atoms with Crippen LogP contribution in [-0.2, 0) is 14.8 Å². The van der Waals surface area contributed by atoms with Crippen LogP contribution in [0.2, 0.25) is 0 Å². The molecule has 0 aliphatic carbocycles. The van der Waals surface area contributed by atoms with E-state index in [0.717, 1.165) is 31.6 Å². The van der Waals surface area contributed by atoms with Crippen molar-refractivity contribution in [3.05, 3.63) is 24.3 Å². The van der Waals surface area contributed by atoms with Crippen LogP contribution in [0.5, 0.6) is 0 Å². The van der Waals surface area contributed by atoms with Crippen LogP contribution in [0.25, 0.3) is 0 Å². The molecule has 0 saturated carbocycles. The topological polar surface area (TPSA) is 60.9 Å². The van der Waals surface area contributed by atoms with Gasteiger partial charge in [-0.2, -0.15) is 0 Å². The minimum Gasteiger partial charge on any atom is -0.372 e. The summed E-state index contributed by atoms with van der Waals surface area (Å²) in [7, 11) is -1.67. The Bertz CT molecular complexity index is 698. The molecule has 0 unspecified atom stereocenters. The summed E-state index contributed by atoms with van der Waals surface area (Å²) >= 11 is 0. The minimum absolute atomic E-state index is 0.0259. The van der Waals surface area contributed by atoms with Crippen molar-refractivity contribution >= 4 is 27.3 Å². The SMILES string of the molecule is CCCCN(C)C(=O)CCN(c1ccc(N2CCCCC2)cc1)S(C)(=O)=O. The van der Waals surface area contributed by atoms with Crippen LogP contribution in [0.3, 0.4) is 0 Å². The van der Waals surface area contributed by atoms with Gasteiger partial charge in [-0.15, -0.1) is 0 Å². The molecule has 0 spiro atoms. The quantitative estimate of drug-likeness (QED) is 0.645. The fourth-order valence-electron chi connectivity index (χ4n) is 3.38. The molecule has 0 aromatic heterocycles. The first-order valence-electron chi connectivity index (χ1n) is 9.89. The molecule has 152 valence electrons. The Kier molecular flexibility index (Phi) is 7.95. The number of rotatable bonds is 9. The molecule has 1 aliphatic heterocycles. The zero-order valence-corrected chi connectivity index (χ0v) is 17.7. The molecule has 0 N–H and O–H groups in total. The van der Waals surface area contributed by atoms with E-state index < -0.39 is 10.0 Å². The van der Waals surface area contributed by atoms with Gasteiger partial charge in [0, 0.05) is 45.3 Å². The van der Waals surface area contributed by atoms with Crippen molar-refractivity contribution in [2.75, 3.05) is 48.7 Å². The van der Waals surface area contributed by atoms with Crippen LogP contribution in [0.15, 0.2) is 24.3 Å². The van der Waals surface area contributed by atoms with Crippen molar-refractivity contribution in [1.29, 1.82) is 0 Å². The smallest absolute Gasteiger partial charge is 0.232 e. The molecule has 1 heterocycles. The molecule has 7 heteroatoms. The zero-order valence-electron chi connectivity index (χ0n) is 16.9. The van der Waals surface area contributed by atoms with E-state index in [2.05, 4.69) is 11.8 Å². The highest BCUT2D eigenvalue weighted by Gasteiger charge is 2.20. The summed E-state index contributed by atoms with van der Waals surface area (Å²) in [6.07, 6.45) is 7.03. The maximum Gasteiger partial charge on any atom is 0.232 e. The van der Waals surface area contributed by atoms with Crippen molar-refractivity contribution in [3.63, 3.8) is 0 Å². The summed E-state index contributed by atoms with van der Waals surface area (Å²) in [5.74, 6) is -0.0259. The third-order valence-electron chi connectivity index (χ3n) is 5.06. The first kappa shape index (κ1) is 21.5. The highest BCUT2D eigenvalue weighted by atomic mass is 32.2. The van der Waals surface area contributed by atoms with Gasteiger partial charge in [-0.1, -0.05) is 13.3 Å². The molecule has 0 bridgehead atoms. The summed E-state index contributed by atoms with van der Waals surface area (Å²) in [5, 5.41) is 0. The van der Waals surface area contributed by atoms with Crippen LogP contribution >= 0.6 is 0 Å². The maximum atomic E-state index is 12.3. The summed E-state index contributed by atoms with van der Waals surface area (Å²) < 4.78 is 25.9. The third kappa shape index (κ3) is 6.41. The maximum absolute atomic E-state index is 12.3. The number of piperidine rings is 1. The van der Waals surface area contributed by atoms with Gasteiger partial charge in [-0.3, -0.25) is 9.10 Å². The monoisotopic (exact) mass is 395 g/mol. The lowest BCUT2D eigenvalue weighted by molar-refractivity contribution is -0.129. The number of unbranched alkanes of at least 4 members (excludes halogenated alkanes) is 1. The lowest BCUT2D eigenvalue weighted by atomic mass is 10.1. The van der Waals surface area contributed by atoms with E-state index in [1.54, 1.807) is 11.9 Å². The second kappa shape index (κ2) is 9.97. The van der Waals surface area contributed by atoms with Crippen LogP contribution < -0.4 is 9.21 Å². The Morgan fingerprint density at radius 3 is 2.26 bits per heavy atom. The van der Waals surface area contributed by atoms with Crippen molar-refractivity contribution in [2.45, 2.75) is 45.4 Å². The first-order chi connectivity index (χ1) is 12.8. The lowest BCUT2D eigenvalue weighted by Gasteiger charge is -2.29. The number of hydrogen-bond donors (Lipinski definition) is 0. The molecule has 0 radical (unpaired) electrons. The van der Waals surface area contributed by atoms with Gasteiger partial charge < -0.3 is 9.80 Å². The van der Waals surface area contributed by atoms with Gasteiger partial charge in [0.15, 0.2) is 0 Å². The van der Waals surface area contributed by atoms with E-state index in [1.807, 2.05) is 24.3 Å². The lowest BCUT2D eigenvalue weighted by Crippen LogP contribution is -2.35. The molecule has 2 rings (SSSR count). The molecule has 1 aliphatic rings. The van der Waals surface area contributed by atoms with E-state index in [-0.39, 0.29) is 18.9 Å². The number of benzene rings is 1. The van der Waals surface area contributed by atoms with E-state index in [0.29, 0.717) is 12.2 Å². The number of carbonyl (C=O) groups is 1. The Morgan fingerprint density at radius 1 is 1.07 bits per heavy atom. The largest absolute Gasteiger partial charge is 0.372 e. The number of carbonyl (C=O) groups excluding carboxylic acids is 1. The van der Waals surface area contributed by atoms with Crippen LogP contribution in [-0.4, -0.2) is 58.7 Å². The number of nitrogens with zero attached hydrogens (tertiary/aromatic N) is 3. The number of anilines is 2. The van der Waals surface area contributed by atoms with E-state index >= 15 is 0 Å². The standard InChI is InChI=1S/C20H33N3O3S/c1-4-5-14-21(2)20(24)13-17-23(27(3,25)26)19-11-9-18(10-12-19)22-15-7-6-8-16-22/h9-12H,4-8,13-17H2,1-3H3. The first-order valence-corrected chi connectivity index (χ1v) is 11.7. The summed E-state index contributed by atoms with van der Waals surface area (Å²) in [4.78, 5) is 16.3. The molecule has 6 nitrogen and oxygen atoms in total. The Morgan fingerprint density at radius 2 is 1.70 bits per heavy atom. The summed E-state index contributed by atoms with van der Waals surface area (Å²) in [6, 6.07) is 7.65. The second-order valence-corrected chi connectivity index (χ2v) is 9.22. The third-order valence-corrected chi connectivity index (χ3v) is 6.25. The normalized spacial score (nSPS) is 14.9. The van der Waals surface area contributed by atoms with Crippen LogP contribution in [0, 0.1) is 0 Å². The molecular formula is C20H33N3O3S. The zero-order chi connectivity index (χ0) is 19.9. The molecule has 1 amide bonds.